The number of nitrogens with zero attached hydrogens (tertiary/aromatic N) is 3. The van der Waals surface area contributed by atoms with E-state index in [2.05, 4.69) is 15.4 Å². The van der Waals surface area contributed by atoms with Gasteiger partial charge in [-0.2, -0.15) is 5.10 Å². The van der Waals surface area contributed by atoms with Crippen LogP contribution in [0.1, 0.15) is 70.6 Å². The normalized spacial score (nSPS) is 15.3. The predicted octanol–water partition coefficient (Wildman–Crippen LogP) is 4.97. The molecule has 1 fully saturated rings. The molecule has 1 saturated carbocycles. The number of ether oxygens (including phenoxy) is 1. The molecular formula is C21H27ClN4O3. The molecule has 8 heteroatoms. The maximum absolute atomic E-state index is 13.1. The third kappa shape index (κ3) is 5.35. The van der Waals surface area contributed by atoms with Crippen molar-refractivity contribution in [3.63, 3.8) is 0 Å². The molecule has 3 rings (SSSR count). The zero-order chi connectivity index (χ0) is 21.3. The zero-order valence-corrected chi connectivity index (χ0v) is 18.2. The molecule has 0 radical (unpaired) electrons. The lowest BCUT2D eigenvalue weighted by molar-refractivity contribution is -0.118. The smallest absolute Gasteiger partial charge is 0.437 e. The van der Waals surface area contributed by atoms with Crippen LogP contribution >= 0.6 is 11.6 Å². The highest BCUT2D eigenvalue weighted by molar-refractivity contribution is 6.29. The van der Waals surface area contributed by atoms with Crippen LogP contribution in [0.4, 0.5) is 10.6 Å². The van der Waals surface area contributed by atoms with Gasteiger partial charge >= 0.3 is 6.09 Å². The predicted molar refractivity (Wildman–Crippen MR) is 111 cm³/mol. The maximum atomic E-state index is 13.1. The molecule has 2 heterocycles. The van der Waals surface area contributed by atoms with Gasteiger partial charge in [-0.25, -0.2) is 9.78 Å². The van der Waals surface area contributed by atoms with Crippen LogP contribution in [0.15, 0.2) is 24.4 Å². The minimum atomic E-state index is -0.667. The molecule has 1 amide bonds. The number of halogens is 1. The fourth-order valence-electron chi connectivity index (χ4n) is 3.13. The lowest BCUT2D eigenvalue weighted by Gasteiger charge is -2.22. The van der Waals surface area contributed by atoms with Gasteiger partial charge in [0.05, 0.1) is 11.6 Å². The molecule has 0 spiro atoms. The summed E-state index contributed by atoms with van der Waals surface area (Å²) >= 11 is 5.88. The number of pyridine rings is 1. The van der Waals surface area contributed by atoms with Gasteiger partial charge in [0.25, 0.3) is 0 Å². The second kappa shape index (κ2) is 8.14. The standard InChI is InChI=1S/C21H27ClN4O3/c1-12(2)18(14-8-9-16(22)23-11-14)19(27)24-17-10-15(13-6-7-13)25-26(17)20(28)29-21(3,4)5/h8-13,18H,6-7H2,1-5H3,(H,24,27). The number of hydrogen-bond donors (Lipinski definition) is 1. The molecule has 1 N–H and O–H groups in total. The Kier molecular flexibility index (Phi) is 5.98. The summed E-state index contributed by atoms with van der Waals surface area (Å²) in [4.78, 5) is 29.8. The summed E-state index contributed by atoms with van der Waals surface area (Å²) in [7, 11) is 0. The number of carbonyl (C=O) groups is 2. The van der Waals surface area contributed by atoms with Crippen molar-refractivity contribution >= 4 is 29.4 Å². The molecule has 1 aliphatic rings. The SMILES string of the molecule is CC(C)C(C(=O)Nc1cc(C2CC2)nn1C(=O)OC(C)(C)C)c1ccc(Cl)nc1. The minimum Gasteiger partial charge on any atom is -0.442 e. The van der Waals surface area contributed by atoms with E-state index < -0.39 is 17.6 Å². The van der Waals surface area contributed by atoms with E-state index >= 15 is 0 Å². The van der Waals surface area contributed by atoms with E-state index in [1.807, 2.05) is 13.8 Å². The molecule has 29 heavy (non-hydrogen) atoms. The first-order valence-electron chi connectivity index (χ1n) is 9.81. The lowest BCUT2D eigenvalue weighted by Crippen LogP contribution is -2.31. The summed E-state index contributed by atoms with van der Waals surface area (Å²) in [5.41, 5.74) is 0.882. The van der Waals surface area contributed by atoms with Crippen LogP contribution in [-0.4, -0.2) is 32.4 Å². The van der Waals surface area contributed by atoms with E-state index in [1.165, 1.54) is 0 Å². The van der Waals surface area contributed by atoms with E-state index in [0.29, 0.717) is 16.9 Å². The Morgan fingerprint density at radius 3 is 2.48 bits per heavy atom. The van der Waals surface area contributed by atoms with E-state index in [9.17, 15) is 9.59 Å². The van der Waals surface area contributed by atoms with Crippen molar-refractivity contribution in [1.82, 2.24) is 14.8 Å². The van der Waals surface area contributed by atoms with Crippen LogP contribution in [0.5, 0.6) is 0 Å². The van der Waals surface area contributed by atoms with E-state index in [-0.39, 0.29) is 11.8 Å². The topological polar surface area (TPSA) is 86.1 Å². The number of aromatic nitrogens is 3. The first kappa shape index (κ1) is 21.3. The molecule has 156 valence electrons. The van der Waals surface area contributed by atoms with Crippen LogP contribution in [-0.2, 0) is 9.53 Å². The van der Waals surface area contributed by atoms with Gasteiger partial charge in [-0.15, -0.1) is 4.68 Å². The minimum absolute atomic E-state index is 0.0128. The fraction of sp³-hybridized carbons (Fsp3) is 0.524. The Bertz CT molecular complexity index is 896. The summed E-state index contributed by atoms with van der Waals surface area (Å²) in [5, 5.41) is 7.64. The third-order valence-electron chi connectivity index (χ3n) is 4.60. The van der Waals surface area contributed by atoms with Gasteiger partial charge in [-0.1, -0.05) is 31.5 Å². The first-order chi connectivity index (χ1) is 13.5. The van der Waals surface area contributed by atoms with Crippen molar-refractivity contribution in [3.8, 4) is 0 Å². The third-order valence-corrected chi connectivity index (χ3v) is 4.82. The van der Waals surface area contributed by atoms with Gasteiger partial charge in [-0.05, 0) is 51.2 Å². The molecule has 0 saturated heterocycles. The molecule has 0 aliphatic heterocycles. The molecule has 1 atom stereocenters. The number of hydrogen-bond acceptors (Lipinski definition) is 5. The Labute approximate surface area is 175 Å². The van der Waals surface area contributed by atoms with Gasteiger partial charge in [0.1, 0.15) is 16.6 Å². The first-order valence-corrected chi connectivity index (χ1v) is 10.2. The molecule has 2 aromatic rings. The number of nitrogens with one attached hydrogen (secondary N) is 1. The lowest BCUT2D eigenvalue weighted by atomic mass is 9.88. The fourth-order valence-corrected chi connectivity index (χ4v) is 3.24. The Hall–Kier alpha value is -2.41. The van der Waals surface area contributed by atoms with E-state index in [4.69, 9.17) is 16.3 Å². The van der Waals surface area contributed by atoms with Crippen molar-refractivity contribution in [2.24, 2.45) is 5.92 Å². The van der Waals surface area contributed by atoms with Crippen LogP contribution in [0.2, 0.25) is 5.15 Å². The van der Waals surface area contributed by atoms with Crippen molar-refractivity contribution < 1.29 is 14.3 Å². The number of anilines is 1. The second-order valence-electron chi connectivity index (χ2n) is 8.75. The molecule has 0 bridgehead atoms. The molecule has 1 aliphatic carbocycles. The van der Waals surface area contributed by atoms with Crippen molar-refractivity contribution in [2.75, 3.05) is 5.32 Å². The molecule has 2 aromatic heterocycles. The van der Waals surface area contributed by atoms with Gasteiger partial charge < -0.3 is 10.1 Å². The maximum Gasteiger partial charge on any atom is 0.437 e. The van der Waals surface area contributed by atoms with Gasteiger partial charge in [0.15, 0.2) is 0 Å². The van der Waals surface area contributed by atoms with Crippen LogP contribution in [0.3, 0.4) is 0 Å². The van der Waals surface area contributed by atoms with Crippen molar-refractivity contribution in [3.05, 3.63) is 40.8 Å². The number of amides is 1. The highest BCUT2D eigenvalue weighted by Crippen LogP contribution is 2.40. The van der Waals surface area contributed by atoms with Crippen LogP contribution in [0, 0.1) is 5.92 Å². The van der Waals surface area contributed by atoms with Gasteiger partial charge in [-0.3, -0.25) is 4.79 Å². The monoisotopic (exact) mass is 418 g/mol. The van der Waals surface area contributed by atoms with Crippen molar-refractivity contribution in [2.45, 2.75) is 64.9 Å². The average molecular weight is 419 g/mol. The molecule has 1 unspecified atom stereocenters. The summed E-state index contributed by atoms with van der Waals surface area (Å²) in [5.74, 6) is -0.0319. The largest absolute Gasteiger partial charge is 0.442 e. The number of carbonyl (C=O) groups excluding carboxylic acids is 2. The summed E-state index contributed by atoms with van der Waals surface area (Å²) in [6, 6.07) is 5.22. The highest BCUT2D eigenvalue weighted by atomic mass is 35.5. The molecular weight excluding hydrogens is 392 g/mol. The molecule has 0 aromatic carbocycles. The Morgan fingerprint density at radius 1 is 1.28 bits per heavy atom. The van der Waals surface area contributed by atoms with Crippen LogP contribution < -0.4 is 5.32 Å². The van der Waals surface area contributed by atoms with Gasteiger partial charge in [0.2, 0.25) is 5.91 Å². The Morgan fingerprint density at radius 2 is 1.97 bits per heavy atom. The quantitative estimate of drug-likeness (QED) is 0.692. The summed E-state index contributed by atoms with van der Waals surface area (Å²) in [6.45, 7) is 9.28. The van der Waals surface area contributed by atoms with E-state index in [1.54, 1.807) is 45.2 Å². The Balaban J connectivity index is 1.88. The molecule has 7 nitrogen and oxygen atoms in total. The summed E-state index contributed by atoms with van der Waals surface area (Å²) < 4.78 is 6.60. The highest BCUT2D eigenvalue weighted by Gasteiger charge is 2.32. The zero-order valence-electron chi connectivity index (χ0n) is 17.4. The van der Waals surface area contributed by atoms with Crippen molar-refractivity contribution in [1.29, 1.82) is 0 Å². The second-order valence-corrected chi connectivity index (χ2v) is 9.13. The van der Waals surface area contributed by atoms with Crippen LogP contribution in [0.25, 0.3) is 0 Å². The van der Waals surface area contributed by atoms with Gasteiger partial charge in [0, 0.05) is 18.2 Å². The summed E-state index contributed by atoms with van der Waals surface area (Å²) in [6.07, 6.45) is 3.05. The van der Waals surface area contributed by atoms with E-state index in [0.717, 1.165) is 28.8 Å². The number of rotatable bonds is 5. The average Bonchev–Trinajstić information content (AvgIpc) is 3.36.